The van der Waals surface area contributed by atoms with Crippen molar-refractivity contribution in [3.05, 3.63) is 168 Å². The zero-order chi connectivity index (χ0) is 30.3. The fourth-order valence-corrected chi connectivity index (χ4v) is 7.59. The van der Waals surface area contributed by atoms with Crippen LogP contribution in [0.3, 0.4) is 0 Å². The molecule has 5 aromatic carbocycles. The number of rotatable bonds is 6. The van der Waals surface area contributed by atoms with Gasteiger partial charge in [-0.2, -0.15) is 0 Å². The number of ether oxygens (including phenoxy) is 2. The van der Waals surface area contributed by atoms with Gasteiger partial charge in [0.05, 0.1) is 23.4 Å². The molecular weight excluding hydrogens is 577 g/mol. The van der Waals surface area contributed by atoms with Gasteiger partial charge in [0.2, 0.25) is 0 Å². The Bertz CT molecular complexity index is 2300. The molecule has 1 aliphatic carbocycles. The van der Waals surface area contributed by atoms with E-state index in [-0.39, 0.29) is 11.6 Å². The zero-order valence-electron chi connectivity index (χ0n) is 24.8. The molecule has 0 bridgehead atoms. The summed E-state index contributed by atoms with van der Waals surface area (Å²) >= 11 is 1.43. The second kappa shape index (κ2) is 11.4. The third kappa shape index (κ3) is 4.78. The van der Waals surface area contributed by atoms with E-state index < -0.39 is 0 Å². The fourth-order valence-electron chi connectivity index (χ4n) is 6.61. The first-order chi connectivity index (χ1) is 22.2. The number of allylic oxidation sites excluding steroid dienone is 1. The van der Waals surface area contributed by atoms with Gasteiger partial charge in [0, 0.05) is 16.7 Å². The van der Waals surface area contributed by atoms with E-state index in [1.165, 1.54) is 16.9 Å². The summed E-state index contributed by atoms with van der Waals surface area (Å²) in [5, 5.41) is 2.12. The van der Waals surface area contributed by atoms with Gasteiger partial charge in [-0.25, -0.2) is 4.99 Å². The van der Waals surface area contributed by atoms with Crippen molar-refractivity contribution >= 4 is 33.9 Å². The van der Waals surface area contributed by atoms with Crippen LogP contribution in [0.15, 0.2) is 131 Å². The Labute approximate surface area is 264 Å². The number of aromatic nitrogens is 1. The molecule has 0 fully saturated rings. The smallest absolute Gasteiger partial charge is 0.271 e. The summed E-state index contributed by atoms with van der Waals surface area (Å²) in [6, 6.07) is 38.6. The average molecular weight is 607 g/mol. The molecule has 0 radical (unpaired) electrons. The van der Waals surface area contributed by atoms with Crippen LogP contribution in [0.2, 0.25) is 0 Å². The quantitative estimate of drug-likeness (QED) is 0.204. The van der Waals surface area contributed by atoms with E-state index in [1.54, 1.807) is 7.11 Å². The molecule has 1 aromatic heterocycles. The Kier molecular flexibility index (Phi) is 6.92. The van der Waals surface area contributed by atoms with Crippen LogP contribution in [0.25, 0.3) is 22.5 Å². The maximum Gasteiger partial charge on any atom is 0.271 e. The number of hydrogen-bond acceptors (Lipinski definition) is 5. The SMILES string of the molecule is COc1ccccc1[C@@H]1C2=C(N=c3s/c(=C\c4c(OCc5ccccc5)ccc5ccccc45)c(=O)n31)c1ccccc1CC2. The highest BCUT2D eigenvalue weighted by Gasteiger charge is 2.34. The summed E-state index contributed by atoms with van der Waals surface area (Å²) in [5.41, 5.74) is 7.41. The zero-order valence-corrected chi connectivity index (χ0v) is 25.6. The maximum atomic E-state index is 14.5. The summed E-state index contributed by atoms with van der Waals surface area (Å²) < 4.78 is 14.7. The van der Waals surface area contributed by atoms with Gasteiger partial charge in [-0.3, -0.25) is 9.36 Å². The molecule has 8 rings (SSSR count). The number of fused-ring (bicyclic) bond motifs is 4. The van der Waals surface area contributed by atoms with Crippen LogP contribution in [-0.2, 0) is 13.0 Å². The summed E-state index contributed by atoms with van der Waals surface area (Å²) in [4.78, 5) is 20.4. The van der Waals surface area contributed by atoms with Crippen LogP contribution in [0.1, 0.15) is 40.3 Å². The Balaban J connectivity index is 1.35. The lowest BCUT2D eigenvalue weighted by Gasteiger charge is -2.31. The van der Waals surface area contributed by atoms with E-state index in [0.29, 0.717) is 15.9 Å². The highest BCUT2D eigenvalue weighted by atomic mass is 32.1. The minimum atomic E-state index is -0.316. The van der Waals surface area contributed by atoms with E-state index in [1.807, 2.05) is 65.2 Å². The summed E-state index contributed by atoms with van der Waals surface area (Å²) in [6.07, 6.45) is 3.71. The summed E-state index contributed by atoms with van der Waals surface area (Å²) in [5.74, 6) is 1.49. The van der Waals surface area contributed by atoms with Crippen molar-refractivity contribution in [2.24, 2.45) is 4.99 Å². The average Bonchev–Trinajstić information content (AvgIpc) is 3.41. The van der Waals surface area contributed by atoms with Crippen LogP contribution >= 0.6 is 11.3 Å². The molecule has 220 valence electrons. The second-order valence-corrected chi connectivity index (χ2v) is 12.3. The Hall–Kier alpha value is -5.20. The van der Waals surface area contributed by atoms with Crippen LogP contribution in [0.4, 0.5) is 0 Å². The van der Waals surface area contributed by atoms with Crippen molar-refractivity contribution in [2.45, 2.75) is 25.5 Å². The standard InChI is InChI=1S/C39H30N2O3S/c1-43-33-18-10-9-17-30(33)37-31-21-19-27-14-6-8-16-29(27)36(31)40-39-41(37)38(42)35(45-39)23-32-28-15-7-5-13-26(28)20-22-34(32)44-24-25-11-3-2-4-12-25/h2-18,20,22-23,37H,19,21,24H2,1H3/b35-23-/t37-/m1/s1. The molecule has 0 N–H and O–H groups in total. The summed E-state index contributed by atoms with van der Waals surface area (Å²) in [7, 11) is 1.69. The molecule has 6 aromatic rings. The number of para-hydroxylation sites is 1. The number of hydrogen-bond donors (Lipinski definition) is 0. The van der Waals surface area contributed by atoms with Crippen molar-refractivity contribution in [1.29, 1.82) is 0 Å². The molecule has 0 spiro atoms. The van der Waals surface area contributed by atoms with Gasteiger partial charge in [-0.1, -0.05) is 114 Å². The lowest BCUT2D eigenvalue weighted by molar-refractivity contribution is 0.306. The Morgan fingerprint density at radius 1 is 0.844 bits per heavy atom. The number of benzene rings is 5. The highest BCUT2D eigenvalue weighted by molar-refractivity contribution is 7.07. The molecule has 1 atom stereocenters. The summed E-state index contributed by atoms with van der Waals surface area (Å²) in [6.45, 7) is 0.432. The van der Waals surface area contributed by atoms with Crippen LogP contribution < -0.4 is 24.4 Å². The lowest BCUT2D eigenvalue weighted by atomic mass is 9.83. The molecule has 6 heteroatoms. The first-order valence-electron chi connectivity index (χ1n) is 15.1. The van der Waals surface area contributed by atoms with Gasteiger partial charge in [-0.05, 0) is 58.5 Å². The van der Waals surface area contributed by atoms with Crippen LogP contribution in [0.5, 0.6) is 11.5 Å². The molecule has 0 saturated heterocycles. The largest absolute Gasteiger partial charge is 0.496 e. The number of thiazole rings is 1. The van der Waals surface area contributed by atoms with Crippen molar-refractivity contribution in [3.8, 4) is 11.5 Å². The third-order valence-electron chi connectivity index (χ3n) is 8.75. The normalized spacial score (nSPS) is 15.7. The van der Waals surface area contributed by atoms with Gasteiger partial charge in [0.15, 0.2) is 4.80 Å². The van der Waals surface area contributed by atoms with Crippen LogP contribution in [0, 0.1) is 0 Å². The van der Waals surface area contributed by atoms with Gasteiger partial charge in [0.25, 0.3) is 5.56 Å². The van der Waals surface area contributed by atoms with Gasteiger partial charge in [0.1, 0.15) is 18.1 Å². The number of aryl methyl sites for hydroxylation is 1. The first kappa shape index (κ1) is 27.4. The monoisotopic (exact) mass is 606 g/mol. The Morgan fingerprint density at radius 3 is 2.51 bits per heavy atom. The molecule has 5 nitrogen and oxygen atoms in total. The third-order valence-corrected chi connectivity index (χ3v) is 9.73. The van der Waals surface area contributed by atoms with Crippen molar-refractivity contribution < 1.29 is 9.47 Å². The number of methoxy groups -OCH3 is 1. The Morgan fingerprint density at radius 2 is 1.62 bits per heavy atom. The van der Waals surface area contributed by atoms with E-state index in [2.05, 4.69) is 60.7 Å². The highest BCUT2D eigenvalue weighted by Crippen LogP contribution is 2.43. The molecule has 0 saturated carbocycles. The van der Waals surface area contributed by atoms with Gasteiger partial charge < -0.3 is 9.47 Å². The van der Waals surface area contributed by atoms with E-state index >= 15 is 0 Å². The van der Waals surface area contributed by atoms with E-state index in [0.717, 1.165) is 68.6 Å². The predicted molar refractivity (Wildman–Crippen MR) is 180 cm³/mol. The molecular formula is C39H30N2O3S. The number of nitrogens with zero attached hydrogens (tertiary/aromatic N) is 2. The minimum Gasteiger partial charge on any atom is -0.496 e. The van der Waals surface area contributed by atoms with Gasteiger partial charge >= 0.3 is 0 Å². The van der Waals surface area contributed by atoms with Crippen molar-refractivity contribution in [3.63, 3.8) is 0 Å². The minimum absolute atomic E-state index is 0.0676. The van der Waals surface area contributed by atoms with E-state index in [9.17, 15) is 4.79 Å². The van der Waals surface area contributed by atoms with Crippen LogP contribution in [-0.4, -0.2) is 11.7 Å². The molecule has 2 heterocycles. The first-order valence-corrected chi connectivity index (χ1v) is 16.0. The molecule has 1 aliphatic heterocycles. The van der Waals surface area contributed by atoms with Crippen molar-refractivity contribution in [2.75, 3.05) is 7.11 Å². The molecule has 2 aliphatic rings. The maximum absolute atomic E-state index is 14.5. The molecule has 0 unspecified atom stereocenters. The topological polar surface area (TPSA) is 52.8 Å². The predicted octanol–water partition coefficient (Wildman–Crippen LogP) is 7.06. The lowest BCUT2D eigenvalue weighted by Crippen LogP contribution is -2.39. The molecule has 45 heavy (non-hydrogen) atoms. The second-order valence-electron chi connectivity index (χ2n) is 11.3. The van der Waals surface area contributed by atoms with Gasteiger partial charge in [-0.15, -0.1) is 0 Å². The molecule has 0 amide bonds. The van der Waals surface area contributed by atoms with Crippen molar-refractivity contribution in [1.82, 2.24) is 4.57 Å². The fraction of sp³-hybridized carbons (Fsp3) is 0.128. The van der Waals surface area contributed by atoms with E-state index in [4.69, 9.17) is 14.5 Å².